The molecule has 3 amide bonds. The van der Waals surface area contributed by atoms with Gasteiger partial charge in [0.15, 0.2) is 0 Å². The average Bonchev–Trinajstić information content (AvgIpc) is 3.47. The van der Waals surface area contributed by atoms with Crippen molar-refractivity contribution in [1.29, 1.82) is 0 Å². The van der Waals surface area contributed by atoms with Crippen molar-refractivity contribution < 1.29 is 14.4 Å². The van der Waals surface area contributed by atoms with Gasteiger partial charge in [-0.3, -0.25) is 14.4 Å². The average molecular weight is 337 g/mol. The lowest BCUT2D eigenvalue weighted by atomic mass is 10.1. The molecule has 1 fully saturated rings. The molecular weight excluding hydrogens is 318 g/mol. The van der Waals surface area contributed by atoms with Crippen molar-refractivity contribution in [2.75, 3.05) is 17.7 Å². The Morgan fingerprint density at radius 3 is 1.72 bits per heavy atom. The van der Waals surface area contributed by atoms with E-state index in [1.54, 1.807) is 55.6 Å². The van der Waals surface area contributed by atoms with Gasteiger partial charge in [-0.2, -0.15) is 0 Å². The van der Waals surface area contributed by atoms with Crippen LogP contribution in [0.25, 0.3) is 0 Å². The minimum atomic E-state index is -0.257. The van der Waals surface area contributed by atoms with Crippen molar-refractivity contribution in [2.24, 2.45) is 5.92 Å². The molecule has 3 rings (SSSR count). The van der Waals surface area contributed by atoms with Crippen LogP contribution in [0.1, 0.15) is 33.6 Å². The van der Waals surface area contributed by atoms with Gasteiger partial charge < -0.3 is 16.0 Å². The SMILES string of the molecule is CNC(=O)c1ccc(NC(=O)c2ccc(NC(=O)C3CC3)cc2)cc1. The number of nitrogens with one attached hydrogen (secondary N) is 3. The zero-order valence-electron chi connectivity index (χ0n) is 13.8. The van der Waals surface area contributed by atoms with Gasteiger partial charge in [-0.05, 0) is 61.4 Å². The number of carbonyl (C=O) groups excluding carboxylic acids is 3. The molecule has 1 aliphatic carbocycles. The second-order valence-electron chi connectivity index (χ2n) is 5.95. The number of hydrogen-bond donors (Lipinski definition) is 3. The molecule has 0 bridgehead atoms. The Kier molecular flexibility index (Phi) is 4.79. The monoisotopic (exact) mass is 337 g/mol. The Morgan fingerprint density at radius 1 is 0.760 bits per heavy atom. The van der Waals surface area contributed by atoms with Gasteiger partial charge in [-0.15, -0.1) is 0 Å². The standard InChI is InChI=1S/C19H19N3O3/c1-20-17(23)12-4-8-15(9-5-12)22-19(25)14-6-10-16(11-7-14)21-18(24)13-2-3-13/h4-11,13H,2-3H2,1H3,(H,20,23)(H,21,24)(H,22,25). The molecule has 0 aromatic heterocycles. The Hall–Kier alpha value is -3.15. The highest BCUT2D eigenvalue weighted by Crippen LogP contribution is 2.30. The smallest absolute Gasteiger partial charge is 0.255 e. The van der Waals surface area contributed by atoms with Gasteiger partial charge in [-0.25, -0.2) is 0 Å². The van der Waals surface area contributed by atoms with Gasteiger partial charge in [-0.1, -0.05) is 0 Å². The largest absolute Gasteiger partial charge is 0.355 e. The molecule has 0 aliphatic heterocycles. The van der Waals surface area contributed by atoms with E-state index in [-0.39, 0.29) is 23.6 Å². The molecule has 25 heavy (non-hydrogen) atoms. The summed E-state index contributed by atoms with van der Waals surface area (Å²) in [7, 11) is 1.56. The van der Waals surface area contributed by atoms with Crippen molar-refractivity contribution in [3.05, 3.63) is 59.7 Å². The van der Waals surface area contributed by atoms with Crippen molar-refractivity contribution in [3.63, 3.8) is 0 Å². The highest BCUT2D eigenvalue weighted by Gasteiger charge is 2.29. The first kappa shape index (κ1) is 16.7. The van der Waals surface area contributed by atoms with E-state index in [4.69, 9.17) is 0 Å². The zero-order chi connectivity index (χ0) is 17.8. The molecule has 0 unspecified atom stereocenters. The van der Waals surface area contributed by atoms with Crippen LogP contribution >= 0.6 is 0 Å². The first-order chi connectivity index (χ1) is 12.1. The van der Waals surface area contributed by atoms with Gasteiger partial charge in [0.25, 0.3) is 11.8 Å². The van der Waals surface area contributed by atoms with E-state index in [9.17, 15) is 14.4 Å². The van der Waals surface area contributed by atoms with Gasteiger partial charge in [0.1, 0.15) is 0 Å². The summed E-state index contributed by atoms with van der Waals surface area (Å²) in [5.74, 6) is -0.261. The van der Waals surface area contributed by atoms with Crippen LogP contribution in [0.5, 0.6) is 0 Å². The number of anilines is 2. The summed E-state index contributed by atoms with van der Waals surface area (Å²) in [5, 5.41) is 8.15. The molecule has 1 saturated carbocycles. The van der Waals surface area contributed by atoms with Crippen LogP contribution in [0.2, 0.25) is 0 Å². The van der Waals surface area contributed by atoms with Crippen LogP contribution < -0.4 is 16.0 Å². The molecule has 0 spiro atoms. The van der Waals surface area contributed by atoms with Crippen LogP contribution in [0, 0.1) is 5.92 Å². The second kappa shape index (κ2) is 7.17. The molecule has 128 valence electrons. The maximum absolute atomic E-state index is 12.3. The molecule has 0 radical (unpaired) electrons. The molecule has 6 nitrogen and oxygen atoms in total. The van der Waals surface area contributed by atoms with E-state index in [0.29, 0.717) is 22.5 Å². The minimum Gasteiger partial charge on any atom is -0.355 e. The number of hydrogen-bond acceptors (Lipinski definition) is 3. The Morgan fingerprint density at radius 2 is 1.24 bits per heavy atom. The third kappa shape index (κ3) is 4.23. The summed E-state index contributed by atoms with van der Waals surface area (Å²) < 4.78 is 0. The molecule has 2 aromatic carbocycles. The van der Waals surface area contributed by atoms with Crippen LogP contribution in [-0.4, -0.2) is 24.8 Å². The van der Waals surface area contributed by atoms with Crippen LogP contribution in [-0.2, 0) is 4.79 Å². The molecule has 3 N–H and O–H groups in total. The van der Waals surface area contributed by atoms with E-state index in [0.717, 1.165) is 12.8 Å². The zero-order valence-corrected chi connectivity index (χ0v) is 13.8. The van der Waals surface area contributed by atoms with E-state index >= 15 is 0 Å². The topological polar surface area (TPSA) is 87.3 Å². The van der Waals surface area contributed by atoms with Gasteiger partial charge in [0, 0.05) is 35.5 Å². The first-order valence-corrected chi connectivity index (χ1v) is 8.11. The molecule has 2 aromatic rings. The maximum Gasteiger partial charge on any atom is 0.255 e. The minimum absolute atomic E-state index is 0.0356. The number of amides is 3. The van der Waals surface area contributed by atoms with E-state index in [1.807, 2.05) is 0 Å². The normalized spacial score (nSPS) is 13.0. The third-order valence-corrected chi connectivity index (χ3v) is 3.99. The molecule has 0 saturated heterocycles. The van der Waals surface area contributed by atoms with E-state index < -0.39 is 0 Å². The Labute approximate surface area is 145 Å². The highest BCUT2D eigenvalue weighted by atomic mass is 16.2. The first-order valence-electron chi connectivity index (χ1n) is 8.11. The molecule has 1 aliphatic rings. The maximum atomic E-state index is 12.3. The number of rotatable bonds is 5. The van der Waals surface area contributed by atoms with Crippen LogP contribution in [0.4, 0.5) is 11.4 Å². The van der Waals surface area contributed by atoms with Crippen molar-refractivity contribution in [3.8, 4) is 0 Å². The summed E-state index contributed by atoms with van der Waals surface area (Å²) in [6.45, 7) is 0. The summed E-state index contributed by atoms with van der Waals surface area (Å²) in [5.41, 5.74) is 2.29. The van der Waals surface area contributed by atoms with Crippen LogP contribution in [0.3, 0.4) is 0 Å². The quantitative estimate of drug-likeness (QED) is 0.784. The highest BCUT2D eigenvalue weighted by molar-refractivity contribution is 6.05. The summed E-state index contributed by atoms with van der Waals surface area (Å²) >= 11 is 0. The van der Waals surface area contributed by atoms with Crippen molar-refractivity contribution in [1.82, 2.24) is 5.32 Å². The lowest BCUT2D eigenvalue weighted by molar-refractivity contribution is -0.117. The summed E-state index contributed by atoms with van der Waals surface area (Å²) in [6, 6.07) is 13.4. The Bertz CT molecular complexity index is 794. The van der Waals surface area contributed by atoms with E-state index in [2.05, 4.69) is 16.0 Å². The van der Waals surface area contributed by atoms with Crippen molar-refractivity contribution in [2.45, 2.75) is 12.8 Å². The molecule has 0 atom stereocenters. The van der Waals surface area contributed by atoms with Gasteiger partial charge in [0.2, 0.25) is 5.91 Å². The predicted molar refractivity (Wildman–Crippen MR) is 95.6 cm³/mol. The predicted octanol–water partition coefficient (Wildman–Crippen LogP) is 2.65. The fraction of sp³-hybridized carbons (Fsp3) is 0.211. The summed E-state index contributed by atoms with van der Waals surface area (Å²) in [4.78, 5) is 35.5. The van der Waals surface area contributed by atoms with E-state index in [1.165, 1.54) is 0 Å². The lowest BCUT2D eigenvalue weighted by Crippen LogP contribution is -2.18. The molecule has 6 heteroatoms. The lowest BCUT2D eigenvalue weighted by Gasteiger charge is -2.08. The second-order valence-corrected chi connectivity index (χ2v) is 5.95. The van der Waals surface area contributed by atoms with Gasteiger partial charge in [0.05, 0.1) is 0 Å². The summed E-state index contributed by atoms with van der Waals surface area (Å²) in [6.07, 6.45) is 1.90. The fourth-order valence-electron chi connectivity index (χ4n) is 2.35. The van der Waals surface area contributed by atoms with Crippen LogP contribution in [0.15, 0.2) is 48.5 Å². The third-order valence-electron chi connectivity index (χ3n) is 3.99. The molecule has 0 heterocycles. The number of benzene rings is 2. The fourth-order valence-corrected chi connectivity index (χ4v) is 2.35. The Balaban J connectivity index is 1.60. The number of carbonyl (C=O) groups is 3. The van der Waals surface area contributed by atoms with Gasteiger partial charge >= 0.3 is 0 Å². The van der Waals surface area contributed by atoms with Crippen molar-refractivity contribution >= 4 is 29.1 Å². The molecular formula is C19H19N3O3.